The van der Waals surface area contributed by atoms with Crippen LogP contribution >= 0.6 is 0 Å². The van der Waals surface area contributed by atoms with E-state index in [2.05, 4.69) is 0 Å². The summed E-state index contributed by atoms with van der Waals surface area (Å²) in [6.45, 7) is 6.88. The Balaban J connectivity index is 1.86. The van der Waals surface area contributed by atoms with Crippen molar-refractivity contribution in [3.63, 3.8) is 0 Å². The van der Waals surface area contributed by atoms with E-state index in [9.17, 15) is 9.59 Å². The highest BCUT2D eigenvalue weighted by atomic mass is 16.5. The van der Waals surface area contributed by atoms with Gasteiger partial charge in [0.15, 0.2) is 0 Å². The second-order valence-electron chi connectivity index (χ2n) is 6.95. The van der Waals surface area contributed by atoms with E-state index >= 15 is 0 Å². The summed E-state index contributed by atoms with van der Waals surface area (Å²) in [7, 11) is 1.59. The summed E-state index contributed by atoms with van der Waals surface area (Å²) in [6, 6.07) is 13.6. The summed E-state index contributed by atoms with van der Waals surface area (Å²) in [5.41, 5.74) is 3.73. The third-order valence-electron chi connectivity index (χ3n) is 5.09. The van der Waals surface area contributed by atoms with Gasteiger partial charge in [-0.3, -0.25) is 9.59 Å². The number of aryl methyl sites for hydroxylation is 2. The summed E-state index contributed by atoms with van der Waals surface area (Å²) in [4.78, 5) is 29.3. The van der Waals surface area contributed by atoms with Crippen LogP contribution in [0.3, 0.4) is 0 Å². The smallest absolute Gasteiger partial charge is 0.232 e. The predicted molar refractivity (Wildman–Crippen MR) is 107 cm³/mol. The molecule has 142 valence electrons. The molecule has 5 nitrogen and oxygen atoms in total. The molecular weight excluding hydrogens is 340 g/mol. The number of hydrogen-bond acceptors (Lipinski definition) is 3. The summed E-state index contributed by atoms with van der Waals surface area (Å²) in [5.74, 6) is 0.239. The van der Waals surface area contributed by atoms with E-state index in [1.54, 1.807) is 16.9 Å². The van der Waals surface area contributed by atoms with E-state index in [4.69, 9.17) is 4.74 Å². The lowest BCUT2D eigenvalue weighted by molar-refractivity contribution is -0.124. The maximum atomic E-state index is 13.2. The first kappa shape index (κ1) is 19.0. The van der Waals surface area contributed by atoms with Crippen LogP contribution in [0.25, 0.3) is 0 Å². The van der Waals surface area contributed by atoms with Crippen molar-refractivity contribution in [1.29, 1.82) is 0 Å². The maximum absolute atomic E-state index is 13.2. The SMILES string of the molecule is CCN(C(=O)C1CC(=O)N(c2cc(C)ccc2OC)C1)c1ccccc1C. The summed E-state index contributed by atoms with van der Waals surface area (Å²) >= 11 is 0. The van der Waals surface area contributed by atoms with Gasteiger partial charge in [-0.2, -0.15) is 0 Å². The highest BCUT2D eigenvalue weighted by molar-refractivity contribution is 6.05. The van der Waals surface area contributed by atoms with Gasteiger partial charge in [0.25, 0.3) is 0 Å². The second-order valence-corrected chi connectivity index (χ2v) is 6.95. The molecule has 1 unspecified atom stereocenters. The molecule has 0 aromatic heterocycles. The third-order valence-corrected chi connectivity index (χ3v) is 5.09. The molecule has 0 aliphatic carbocycles. The van der Waals surface area contributed by atoms with Crippen molar-refractivity contribution in [3.8, 4) is 5.75 Å². The van der Waals surface area contributed by atoms with Gasteiger partial charge in [0.05, 0.1) is 18.7 Å². The highest BCUT2D eigenvalue weighted by Crippen LogP contribution is 2.35. The van der Waals surface area contributed by atoms with Gasteiger partial charge in [-0.25, -0.2) is 0 Å². The highest BCUT2D eigenvalue weighted by Gasteiger charge is 2.38. The van der Waals surface area contributed by atoms with Gasteiger partial charge in [0.1, 0.15) is 5.75 Å². The molecule has 2 amide bonds. The number of benzene rings is 2. The number of para-hydroxylation sites is 1. The van der Waals surface area contributed by atoms with Gasteiger partial charge >= 0.3 is 0 Å². The van der Waals surface area contributed by atoms with Crippen LogP contribution in [0, 0.1) is 19.8 Å². The maximum Gasteiger partial charge on any atom is 0.232 e. The lowest BCUT2D eigenvalue weighted by Crippen LogP contribution is -2.38. The fraction of sp³-hybridized carbons (Fsp3) is 0.364. The van der Waals surface area contributed by atoms with E-state index in [1.807, 2.05) is 63.2 Å². The Kier molecular flexibility index (Phi) is 5.49. The summed E-state index contributed by atoms with van der Waals surface area (Å²) in [6.07, 6.45) is 0.221. The largest absolute Gasteiger partial charge is 0.495 e. The molecule has 3 rings (SSSR count). The Labute approximate surface area is 160 Å². The van der Waals surface area contributed by atoms with Crippen molar-refractivity contribution < 1.29 is 14.3 Å². The van der Waals surface area contributed by atoms with Crippen LogP contribution in [-0.4, -0.2) is 32.0 Å². The Bertz CT molecular complexity index is 862. The number of rotatable bonds is 5. The number of hydrogen-bond donors (Lipinski definition) is 0. The Morgan fingerprint density at radius 2 is 1.96 bits per heavy atom. The number of ether oxygens (including phenoxy) is 1. The molecule has 1 fully saturated rings. The molecule has 1 aliphatic heterocycles. The van der Waals surface area contributed by atoms with Gasteiger partial charge in [-0.15, -0.1) is 0 Å². The zero-order valence-corrected chi connectivity index (χ0v) is 16.4. The van der Waals surface area contributed by atoms with Crippen LogP contribution in [-0.2, 0) is 9.59 Å². The van der Waals surface area contributed by atoms with Crippen molar-refractivity contribution in [2.75, 3.05) is 30.0 Å². The molecule has 2 aromatic carbocycles. The van der Waals surface area contributed by atoms with E-state index in [0.29, 0.717) is 18.8 Å². The van der Waals surface area contributed by atoms with Crippen LogP contribution in [0.15, 0.2) is 42.5 Å². The number of methoxy groups -OCH3 is 1. The summed E-state index contributed by atoms with van der Waals surface area (Å²) in [5, 5.41) is 0. The first-order valence-corrected chi connectivity index (χ1v) is 9.28. The van der Waals surface area contributed by atoms with Gasteiger partial charge in [0, 0.05) is 25.2 Å². The zero-order chi connectivity index (χ0) is 19.6. The first-order valence-electron chi connectivity index (χ1n) is 9.28. The topological polar surface area (TPSA) is 49.9 Å². The molecule has 27 heavy (non-hydrogen) atoms. The van der Waals surface area contributed by atoms with E-state index in [0.717, 1.165) is 22.5 Å². The van der Waals surface area contributed by atoms with Crippen LogP contribution in [0.2, 0.25) is 0 Å². The number of amides is 2. The van der Waals surface area contributed by atoms with Crippen molar-refractivity contribution in [2.45, 2.75) is 27.2 Å². The number of nitrogens with zero attached hydrogens (tertiary/aromatic N) is 2. The second kappa shape index (κ2) is 7.82. The average Bonchev–Trinajstić information content (AvgIpc) is 3.05. The van der Waals surface area contributed by atoms with Crippen molar-refractivity contribution in [1.82, 2.24) is 0 Å². The molecular formula is C22H26N2O3. The third kappa shape index (κ3) is 3.68. The molecule has 1 atom stereocenters. The van der Waals surface area contributed by atoms with E-state index < -0.39 is 0 Å². The minimum Gasteiger partial charge on any atom is -0.495 e. The molecule has 0 saturated carbocycles. The average molecular weight is 366 g/mol. The number of anilines is 2. The van der Waals surface area contributed by atoms with Crippen molar-refractivity contribution in [2.24, 2.45) is 5.92 Å². The van der Waals surface area contributed by atoms with Gasteiger partial charge < -0.3 is 14.5 Å². The number of carbonyl (C=O) groups excluding carboxylic acids is 2. The standard InChI is InChI=1S/C22H26N2O3/c1-5-23(18-9-7-6-8-16(18)3)22(26)17-13-21(25)24(14-17)19-12-15(2)10-11-20(19)27-4/h6-12,17H,5,13-14H2,1-4H3. The molecule has 5 heteroatoms. The Morgan fingerprint density at radius 3 is 2.63 bits per heavy atom. The first-order chi connectivity index (χ1) is 13.0. The van der Waals surface area contributed by atoms with Gasteiger partial charge in [-0.1, -0.05) is 24.3 Å². The zero-order valence-electron chi connectivity index (χ0n) is 16.4. The molecule has 0 radical (unpaired) electrons. The molecule has 1 saturated heterocycles. The van der Waals surface area contributed by atoms with Crippen LogP contribution in [0.1, 0.15) is 24.5 Å². The molecule has 1 heterocycles. The lowest BCUT2D eigenvalue weighted by atomic mass is 10.1. The van der Waals surface area contributed by atoms with E-state index in [1.165, 1.54) is 0 Å². The molecule has 2 aromatic rings. The monoisotopic (exact) mass is 366 g/mol. The lowest BCUT2D eigenvalue weighted by Gasteiger charge is -2.26. The molecule has 0 N–H and O–H groups in total. The van der Waals surface area contributed by atoms with E-state index in [-0.39, 0.29) is 24.2 Å². The van der Waals surface area contributed by atoms with Gasteiger partial charge in [-0.05, 0) is 50.1 Å². The van der Waals surface area contributed by atoms with Gasteiger partial charge in [0.2, 0.25) is 11.8 Å². The number of carbonyl (C=O) groups is 2. The Hall–Kier alpha value is -2.82. The minimum absolute atomic E-state index is 0.00531. The quantitative estimate of drug-likeness (QED) is 0.810. The predicted octanol–water partition coefficient (Wildman–Crippen LogP) is 3.72. The summed E-state index contributed by atoms with van der Waals surface area (Å²) < 4.78 is 5.42. The Morgan fingerprint density at radius 1 is 1.22 bits per heavy atom. The molecule has 0 spiro atoms. The van der Waals surface area contributed by atoms with Crippen LogP contribution in [0.5, 0.6) is 5.75 Å². The minimum atomic E-state index is -0.359. The van der Waals surface area contributed by atoms with Crippen LogP contribution in [0.4, 0.5) is 11.4 Å². The molecule has 1 aliphatic rings. The van der Waals surface area contributed by atoms with Crippen LogP contribution < -0.4 is 14.5 Å². The fourth-order valence-electron chi connectivity index (χ4n) is 3.65. The molecule has 0 bridgehead atoms. The normalized spacial score (nSPS) is 16.5. The van der Waals surface area contributed by atoms with Crippen molar-refractivity contribution in [3.05, 3.63) is 53.6 Å². The fourth-order valence-corrected chi connectivity index (χ4v) is 3.65. The van der Waals surface area contributed by atoms with Crippen molar-refractivity contribution >= 4 is 23.2 Å².